The number of hydrogen-bond acceptors (Lipinski definition) is 5. The fraction of sp³-hybridized carbons (Fsp3) is 0.0667. The number of aromatic nitrogens is 4. The van der Waals surface area contributed by atoms with Crippen molar-refractivity contribution < 1.29 is 9.18 Å². The van der Waals surface area contributed by atoms with Gasteiger partial charge in [-0.05, 0) is 52.9 Å². The molecule has 0 saturated carbocycles. The van der Waals surface area contributed by atoms with Crippen molar-refractivity contribution >= 4 is 39.3 Å². The highest BCUT2D eigenvalue weighted by atomic mass is 79.9. The van der Waals surface area contributed by atoms with Crippen LogP contribution in [0.5, 0.6) is 0 Å². The van der Waals surface area contributed by atoms with Gasteiger partial charge in [0.2, 0.25) is 11.1 Å². The van der Waals surface area contributed by atoms with Crippen LogP contribution in [0, 0.1) is 5.82 Å². The molecule has 3 rings (SSSR count). The van der Waals surface area contributed by atoms with Crippen molar-refractivity contribution in [2.75, 3.05) is 11.1 Å². The molecule has 3 aromatic rings. The minimum absolute atomic E-state index is 0.147. The molecule has 9 heteroatoms. The highest BCUT2D eigenvalue weighted by Gasteiger charge is 2.12. The Kier molecular flexibility index (Phi) is 5.21. The summed E-state index contributed by atoms with van der Waals surface area (Å²) in [5.74, 6) is -0.366. The zero-order valence-corrected chi connectivity index (χ0v) is 14.6. The Hall–Kier alpha value is -2.26. The van der Waals surface area contributed by atoms with Gasteiger partial charge in [-0.3, -0.25) is 4.79 Å². The van der Waals surface area contributed by atoms with Gasteiger partial charge in [0.05, 0.1) is 11.4 Å². The number of amides is 1. The fourth-order valence-corrected chi connectivity index (χ4v) is 3.00. The molecular weight excluding hydrogens is 397 g/mol. The highest BCUT2D eigenvalue weighted by Crippen LogP contribution is 2.20. The van der Waals surface area contributed by atoms with E-state index < -0.39 is 0 Å². The Morgan fingerprint density at radius 1 is 1.25 bits per heavy atom. The van der Waals surface area contributed by atoms with Crippen molar-refractivity contribution in [1.82, 2.24) is 20.2 Å². The van der Waals surface area contributed by atoms with Gasteiger partial charge in [0.15, 0.2) is 0 Å². The van der Waals surface area contributed by atoms with Gasteiger partial charge in [0.25, 0.3) is 0 Å². The quantitative estimate of drug-likeness (QED) is 0.656. The van der Waals surface area contributed by atoms with Crippen LogP contribution in [0.3, 0.4) is 0 Å². The summed E-state index contributed by atoms with van der Waals surface area (Å²) in [7, 11) is 0. The minimum Gasteiger partial charge on any atom is -0.325 e. The molecular formula is C15H11BrFN5OS. The van der Waals surface area contributed by atoms with Gasteiger partial charge in [-0.25, -0.2) is 4.39 Å². The molecule has 0 bridgehead atoms. The predicted octanol–water partition coefficient (Wildman–Crippen LogP) is 3.29. The van der Waals surface area contributed by atoms with Crippen LogP contribution in [0.1, 0.15) is 0 Å². The van der Waals surface area contributed by atoms with E-state index in [0.29, 0.717) is 16.5 Å². The molecule has 0 unspecified atom stereocenters. The average Bonchev–Trinajstić information content (AvgIpc) is 3.02. The molecule has 122 valence electrons. The van der Waals surface area contributed by atoms with E-state index in [0.717, 1.165) is 4.47 Å². The van der Waals surface area contributed by atoms with E-state index in [4.69, 9.17) is 0 Å². The second kappa shape index (κ2) is 7.54. The van der Waals surface area contributed by atoms with Crippen LogP contribution >= 0.6 is 27.7 Å². The number of hydrogen-bond donors (Lipinski definition) is 1. The third kappa shape index (κ3) is 4.18. The van der Waals surface area contributed by atoms with E-state index >= 15 is 0 Å². The number of carbonyl (C=O) groups is 1. The summed E-state index contributed by atoms with van der Waals surface area (Å²) in [6.07, 6.45) is 0. The lowest BCUT2D eigenvalue weighted by Crippen LogP contribution is -2.14. The molecule has 0 aliphatic carbocycles. The summed E-state index contributed by atoms with van der Waals surface area (Å²) < 4.78 is 15.3. The lowest BCUT2D eigenvalue weighted by molar-refractivity contribution is -0.113. The van der Waals surface area contributed by atoms with Crippen molar-refractivity contribution in [3.05, 3.63) is 58.8 Å². The van der Waals surface area contributed by atoms with Crippen LogP contribution in [-0.4, -0.2) is 31.9 Å². The molecule has 0 spiro atoms. The standard InChI is InChI=1S/C15H11BrFN5OS/c16-10-2-1-3-12(8-10)18-14(23)9-24-15-19-20-21-22(15)13-6-4-11(17)5-7-13/h1-8H,9H2,(H,18,23). The van der Waals surface area contributed by atoms with Crippen molar-refractivity contribution in [1.29, 1.82) is 0 Å². The maximum atomic E-state index is 13.0. The van der Waals surface area contributed by atoms with E-state index in [1.54, 1.807) is 18.2 Å². The van der Waals surface area contributed by atoms with Gasteiger partial charge in [-0.15, -0.1) is 5.10 Å². The number of rotatable bonds is 5. The van der Waals surface area contributed by atoms with Crippen LogP contribution in [0.15, 0.2) is 58.2 Å². The van der Waals surface area contributed by atoms with E-state index in [-0.39, 0.29) is 17.5 Å². The SMILES string of the molecule is O=C(CSc1nnnn1-c1ccc(F)cc1)Nc1cccc(Br)c1. The third-order valence-corrected chi connectivity index (χ3v) is 4.37. The number of thioether (sulfide) groups is 1. The summed E-state index contributed by atoms with van der Waals surface area (Å²) in [4.78, 5) is 12.0. The summed E-state index contributed by atoms with van der Waals surface area (Å²) in [5.41, 5.74) is 1.32. The molecule has 1 aromatic heterocycles. The van der Waals surface area contributed by atoms with Crippen molar-refractivity contribution in [3.63, 3.8) is 0 Å². The first-order valence-corrected chi connectivity index (χ1v) is 8.62. The Bertz CT molecular complexity index is 855. The lowest BCUT2D eigenvalue weighted by atomic mass is 10.3. The average molecular weight is 408 g/mol. The van der Waals surface area contributed by atoms with Crippen LogP contribution in [0.4, 0.5) is 10.1 Å². The smallest absolute Gasteiger partial charge is 0.234 e. The normalized spacial score (nSPS) is 10.6. The van der Waals surface area contributed by atoms with Crippen LogP contribution in [0.2, 0.25) is 0 Å². The van der Waals surface area contributed by atoms with Gasteiger partial charge in [-0.1, -0.05) is 33.8 Å². The number of anilines is 1. The minimum atomic E-state index is -0.338. The number of benzene rings is 2. The Balaban J connectivity index is 1.64. The lowest BCUT2D eigenvalue weighted by Gasteiger charge is -2.06. The first-order valence-electron chi connectivity index (χ1n) is 6.84. The molecule has 2 aromatic carbocycles. The summed E-state index contributed by atoms with van der Waals surface area (Å²) in [6, 6.07) is 13.1. The molecule has 6 nitrogen and oxygen atoms in total. The van der Waals surface area contributed by atoms with Crippen molar-refractivity contribution in [2.45, 2.75) is 5.16 Å². The number of carbonyl (C=O) groups excluding carboxylic acids is 1. The van der Waals surface area contributed by atoms with Gasteiger partial charge in [-0.2, -0.15) is 4.68 Å². The third-order valence-electron chi connectivity index (χ3n) is 2.95. The number of tetrazole rings is 1. The van der Waals surface area contributed by atoms with Crippen LogP contribution < -0.4 is 5.32 Å². The maximum Gasteiger partial charge on any atom is 0.234 e. The maximum absolute atomic E-state index is 13.0. The molecule has 0 atom stereocenters. The predicted molar refractivity (Wildman–Crippen MR) is 92.6 cm³/mol. The van der Waals surface area contributed by atoms with Gasteiger partial charge in [0, 0.05) is 10.2 Å². The molecule has 1 N–H and O–H groups in total. The van der Waals surface area contributed by atoms with Crippen LogP contribution in [-0.2, 0) is 4.79 Å². The van der Waals surface area contributed by atoms with Crippen molar-refractivity contribution in [2.24, 2.45) is 0 Å². The van der Waals surface area contributed by atoms with Crippen LogP contribution in [0.25, 0.3) is 5.69 Å². The van der Waals surface area contributed by atoms with Gasteiger partial charge in [0.1, 0.15) is 5.82 Å². The van der Waals surface area contributed by atoms with E-state index in [2.05, 4.69) is 36.8 Å². The zero-order chi connectivity index (χ0) is 16.9. The Morgan fingerprint density at radius 2 is 2.04 bits per heavy atom. The molecule has 0 radical (unpaired) electrons. The number of halogens is 2. The first-order chi connectivity index (χ1) is 11.6. The summed E-state index contributed by atoms with van der Waals surface area (Å²) in [5, 5.41) is 14.6. The molecule has 0 aliphatic heterocycles. The first kappa shape index (κ1) is 16.6. The molecule has 0 saturated heterocycles. The molecule has 0 aliphatic rings. The second-order valence-electron chi connectivity index (χ2n) is 4.70. The van der Waals surface area contributed by atoms with E-state index in [1.165, 1.54) is 28.6 Å². The van der Waals surface area contributed by atoms with Gasteiger partial charge >= 0.3 is 0 Å². The second-order valence-corrected chi connectivity index (χ2v) is 6.56. The molecule has 1 amide bonds. The zero-order valence-electron chi connectivity index (χ0n) is 12.2. The van der Waals surface area contributed by atoms with Crippen molar-refractivity contribution in [3.8, 4) is 5.69 Å². The summed E-state index contributed by atoms with van der Waals surface area (Å²) >= 11 is 4.54. The number of nitrogens with zero attached hydrogens (tertiary/aromatic N) is 4. The number of nitrogens with one attached hydrogen (secondary N) is 1. The molecule has 1 heterocycles. The molecule has 0 fully saturated rings. The summed E-state index contributed by atoms with van der Waals surface area (Å²) in [6.45, 7) is 0. The van der Waals surface area contributed by atoms with E-state index in [9.17, 15) is 9.18 Å². The topological polar surface area (TPSA) is 72.7 Å². The van der Waals surface area contributed by atoms with Gasteiger partial charge < -0.3 is 5.32 Å². The van der Waals surface area contributed by atoms with E-state index in [1.807, 2.05) is 18.2 Å². The Morgan fingerprint density at radius 3 is 2.79 bits per heavy atom. The monoisotopic (exact) mass is 407 g/mol. The fourth-order valence-electron chi connectivity index (χ4n) is 1.91. The molecule has 24 heavy (non-hydrogen) atoms. The Labute approximate surface area is 149 Å². The largest absolute Gasteiger partial charge is 0.325 e. The highest BCUT2D eigenvalue weighted by molar-refractivity contribution is 9.10.